The van der Waals surface area contributed by atoms with E-state index in [-0.39, 0.29) is 18.8 Å². The number of rotatable bonds is 7. The van der Waals surface area contributed by atoms with Gasteiger partial charge < -0.3 is 19.0 Å². The monoisotopic (exact) mass is 500 g/mol. The van der Waals surface area contributed by atoms with Gasteiger partial charge in [0.25, 0.3) is 0 Å². The van der Waals surface area contributed by atoms with Crippen molar-refractivity contribution in [1.82, 2.24) is 0 Å². The fourth-order valence-electron chi connectivity index (χ4n) is 3.37. The molecular formula is C22H20BrF3O5. The topological polar surface area (TPSA) is 68.9 Å². The van der Waals surface area contributed by atoms with E-state index in [1.165, 1.54) is 12.1 Å². The summed E-state index contributed by atoms with van der Waals surface area (Å²) in [4.78, 5) is 10.9. The molecule has 0 aliphatic carbocycles. The zero-order chi connectivity index (χ0) is 22.9. The second kappa shape index (κ2) is 8.82. The Kier molecular flexibility index (Phi) is 6.54. The van der Waals surface area contributed by atoms with Gasteiger partial charge in [0.15, 0.2) is 0 Å². The first-order valence-corrected chi connectivity index (χ1v) is 10.2. The molecule has 0 fully saturated rings. The number of benzene rings is 2. The van der Waals surface area contributed by atoms with Gasteiger partial charge in [-0.1, -0.05) is 0 Å². The normalized spacial score (nSPS) is 11.7. The van der Waals surface area contributed by atoms with E-state index >= 15 is 0 Å². The molecule has 0 aliphatic heterocycles. The summed E-state index contributed by atoms with van der Waals surface area (Å²) >= 11 is 3.45. The van der Waals surface area contributed by atoms with Gasteiger partial charge in [0.05, 0.1) is 4.47 Å². The molecule has 2 aromatic carbocycles. The lowest BCUT2D eigenvalue weighted by atomic mass is 9.99. The first-order chi connectivity index (χ1) is 14.4. The number of halogens is 4. The van der Waals surface area contributed by atoms with Crippen LogP contribution in [-0.2, 0) is 17.8 Å². The standard InChI is InChI=1S/C22H20BrF3O5/c1-11-6-15-7-17(31-22(24,25)26)8-16(21(15)30-11)10-29-20-13(3)12(2)14(9-18(20)23)4-5-19(27)28/h6-9H,4-5,10H2,1-3H3,(H,27,28). The molecule has 0 saturated heterocycles. The molecule has 0 atom stereocenters. The molecule has 31 heavy (non-hydrogen) atoms. The van der Waals surface area contributed by atoms with E-state index in [2.05, 4.69) is 20.7 Å². The van der Waals surface area contributed by atoms with Gasteiger partial charge in [-0.15, -0.1) is 13.2 Å². The SMILES string of the molecule is Cc1cc2cc(OC(F)(F)F)cc(COc3c(Br)cc(CCC(=O)O)c(C)c3C)c2o1. The minimum atomic E-state index is -4.81. The molecule has 1 heterocycles. The average Bonchev–Trinajstić information content (AvgIpc) is 3.02. The molecule has 166 valence electrons. The van der Waals surface area contributed by atoms with Crippen LogP contribution in [0.5, 0.6) is 11.5 Å². The summed E-state index contributed by atoms with van der Waals surface area (Å²) in [6.07, 6.45) is -4.42. The third-order valence-corrected chi connectivity index (χ3v) is 5.50. The van der Waals surface area contributed by atoms with E-state index in [0.29, 0.717) is 38.9 Å². The zero-order valence-electron chi connectivity index (χ0n) is 17.0. The number of carboxylic acids is 1. The Labute approximate surface area is 184 Å². The van der Waals surface area contributed by atoms with Crippen molar-refractivity contribution >= 4 is 32.9 Å². The van der Waals surface area contributed by atoms with Gasteiger partial charge in [-0.3, -0.25) is 4.79 Å². The second-order valence-electron chi connectivity index (χ2n) is 7.18. The van der Waals surface area contributed by atoms with Crippen LogP contribution in [0.3, 0.4) is 0 Å². The van der Waals surface area contributed by atoms with Crippen LogP contribution in [0.4, 0.5) is 13.2 Å². The fraction of sp³-hybridized carbons (Fsp3) is 0.318. The lowest BCUT2D eigenvalue weighted by Crippen LogP contribution is -2.17. The summed E-state index contributed by atoms with van der Waals surface area (Å²) in [6.45, 7) is 5.37. The quantitative estimate of drug-likeness (QED) is 0.395. The van der Waals surface area contributed by atoms with Crippen LogP contribution in [0, 0.1) is 20.8 Å². The van der Waals surface area contributed by atoms with Gasteiger partial charge in [0.1, 0.15) is 29.4 Å². The smallest absolute Gasteiger partial charge is 0.487 e. The van der Waals surface area contributed by atoms with Crippen LogP contribution in [0.2, 0.25) is 0 Å². The summed E-state index contributed by atoms with van der Waals surface area (Å²) < 4.78 is 54.4. The van der Waals surface area contributed by atoms with E-state index in [4.69, 9.17) is 14.3 Å². The third kappa shape index (κ3) is 5.52. The fourth-order valence-corrected chi connectivity index (χ4v) is 4.06. The highest BCUT2D eigenvalue weighted by Gasteiger charge is 2.31. The third-order valence-electron chi connectivity index (χ3n) is 4.91. The number of carbonyl (C=O) groups is 1. The maximum atomic E-state index is 12.7. The van der Waals surface area contributed by atoms with Crippen LogP contribution in [0.15, 0.2) is 33.2 Å². The first kappa shape index (κ1) is 23.0. The Hall–Kier alpha value is -2.68. The molecule has 3 aromatic rings. The molecule has 0 bridgehead atoms. The Bertz CT molecular complexity index is 1130. The number of aryl methyl sites for hydroxylation is 2. The molecule has 1 aromatic heterocycles. The van der Waals surface area contributed by atoms with Crippen LogP contribution >= 0.6 is 15.9 Å². The summed E-state index contributed by atoms with van der Waals surface area (Å²) in [7, 11) is 0. The van der Waals surface area contributed by atoms with Gasteiger partial charge in [0.2, 0.25) is 0 Å². The minimum Gasteiger partial charge on any atom is -0.487 e. The van der Waals surface area contributed by atoms with E-state index in [9.17, 15) is 18.0 Å². The highest BCUT2D eigenvalue weighted by Crippen LogP contribution is 2.36. The summed E-state index contributed by atoms with van der Waals surface area (Å²) in [5, 5.41) is 9.40. The zero-order valence-corrected chi connectivity index (χ0v) is 18.6. The molecule has 3 rings (SSSR count). The van der Waals surface area contributed by atoms with Gasteiger partial charge in [0, 0.05) is 17.4 Å². The average molecular weight is 501 g/mol. The number of alkyl halides is 3. The number of hydrogen-bond donors (Lipinski definition) is 1. The Morgan fingerprint density at radius 1 is 1.10 bits per heavy atom. The molecule has 9 heteroatoms. The van der Waals surface area contributed by atoms with E-state index < -0.39 is 12.3 Å². The van der Waals surface area contributed by atoms with E-state index in [0.717, 1.165) is 16.7 Å². The van der Waals surface area contributed by atoms with Crippen molar-refractivity contribution in [2.24, 2.45) is 0 Å². The number of aliphatic carboxylic acids is 1. The Morgan fingerprint density at radius 2 is 1.81 bits per heavy atom. The molecule has 5 nitrogen and oxygen atoms in total. The maximum absolute atomic E-state index is 12.7. The van der Waals surface area contributed by atoms with Crippen molar-refractivity contribution in [2.45, 2.75) is 46.6 Å². The maximum Gasteiger partial charge on any atom is 0.573 e. The summed E-state index contributed by atoms with van der Waals surface area (Å²) in [5.74, 6) is -0.158. The van der Waals surface area contributed by atoms with Gasteiger partial charge in [-0.25, -0.2) is 0 Å². The number of fused-ring (bicyclic) bond motifs is 1. The van der Waals surface area contributed by atoms with Gasteiger partial charge >= 0.3 is 12.3 Å². The number of hydrogen-bond acceptors (Lipinski definition) is 4. The van der Waals surface area contributed by atoms with E-state index in [1.54, 1.807) is 19.1 Å². The second-order valence-corrected chi connectivity index (χ2v) is 8.04. The summed E-state index contributed by atoms with van der Waals surface area (Å²) in [6, 6.07) is 5.95. The van der Waals surface area contributed by atoms with Crippen molar-refractivity contribution in [3.05, 3.63) is 56.8 Å². The van der Waals surface area contributed by atoms with Crippen LogP contribution in [0.25, 0.3) is 11.0 Å². The number of ether oxygens (including phenoxy) is 2. The molecule has 0 saturated carbocycles. The van der Waals surface area contributed by atoms with Crippen LogP contribution < -0.4 is 9.47 Å². The number of furan rings is 1. The first-order valence-electron chi connectivity index (χ1n) is 9.36. The van der Waals surface area contributed by atoms with Crippen molar-refractivity contribution < 1.29 is 37.0 Å². The molecule has 0 spiro atoms. The summed E-state index contributed by atoms with van der Waals surface area (Å²) in [5.41, 5.74) is 3.42. The Balaban J connectivity index is 1.91. The van der Waals surface area contributed by atoms with Crippen LogP contribution in [0.1, 0.15) is 34.4 Å². The molecule has 0 unspecified atom stereocenters. The van der Waals surface area contributed by atoms with Crippen molar-refractivity contribution in [3.8, 4) is 11.5 Å². The van der Waals surface area contributed by atoms with Crippen molar-refractivity contribution in [2.75, 3.05) is 0 Å². The van der Waals surface area contributed by atoms with Gasteiger partial charge in [-0.2, -0.15) is 0 Å². The predicted octanol–water partition coefficient (Wildman–Crippen LogP) is 6.62. The van der Waals surface area contributed by atoms with E-state index in [1.807, 2.05) is 13.8 Å². The molecule has 0 amide bonds. The highest BCUT2D eigenvalue weighted by atomic mass is 79.9. The van der Waals surface area contributed by atoms with Crippen molar-refractivity contribution in [1.29, 1.82) is 0 Å². The van der Waals surface area contributed by atoms with Crippen molar-refractivity contribution in [3.63, 3.8) is 0 Å². The lowest BCUT2D eigenvalue weighted by molar-refractivity contribution is -0.274. The minimum absolute atomic E-state index is 0.00868. The molecule has 0 radical (unpaired) electrons. The predicted molar refractivity (Wildman–Crippen MR) is 112 cm³/mol. The Morgan fingerprint density at radius 3 is 2.45 bits per heavy atom. The molecule has 1 N–H and O–H groups in total. The largest absolute Gasteiger partial charge is 0.573 e. The highest BCUT2D eigenvalue weighted by molar-refractivity contribution is 9.10. The lowest BCUT2D eigenvalue weighted by Gasteiger charge is -2.17. The number of carboxylic acid groups (broad SMARTS) is 1. The van der Waals surface area contributed by atoms with Gasteiger partial charge in [-0.05, 0) is 84.1 Å². The molecular weight excluding hydrogens is 481 g/mol. The molecule has 0 aliphatic rings. The van der Waals surface area contributed by atoms with Crippen LogP contribution in [-0.4, -0.2) is 17.4 Å².